The van der Waals surface area contributed by atoms with E-state index in [1.165, 1.54) is 34.8 Å². The van der Waals surface area contributed by atoms with Crippen molar-refractivity contribution in [3.8, 4) is 0 Å². The van der Waals surface area contributed by atoms with Gasteiger partial charge >= 0.3 is 42.0 Å². The molecule has 0 aromatic carbocycles. The fourth-order valence-corrected chi connectivity index (χ4v) is 5.76. The second kappa shape index (κ2) is 28.1. The highest BCUT2D eigenvalue weighted by Crippen LogP contribution is 2.38. The fourth-order valence-electron chi connectivity index (χ4n) is 5.76. The number of esters is 6. The zero-order valence-corrected chi connectivity index (χ0v) is 36.5. The van der Waals surface area contributed by atoms with E-state index in [1.807, 2.05) is 12.2 Å². The monoisotopic (exact) mass is 858 g/mol. The maximum Gasteiger partial charge on any atom is 0.509 e. The number of ether oxygens (including phenoxy) is 9. The van der Waals surface area contributed by atoms with Crippen LogP contribution >= 0.6 is 0 Å². The summed E-state index contributed by atoms with van der Waals surface area (Å²) in [5.41, 5.74) is 0. The molecule has 1 saturated carbocycles. The summed E-state index contributed by atoms with van der Waals surface area (Å²) in [6.07, 6.45) is 0.0452. The maximum atomic E-state index is 12.9. The molecule has 1 aliphatic rings. The number of allylic oxidation sites excluding steroid dienone is 2. The summed E-state index contributed by atoms with van der Waals surface area (Å²) in [4.78, 5) is 86.9. The number of methoxy groups -OCH3 is 1. The minimum absolute atomic E-state index is 0.0554. The molecule has 0 bridgehead atoms. The van der Waals surface area contributed by atoms with Gasteiger partial charge < -0.3 is 52.8 Å². The quantitative estimate of drug-likeness (QED) is 0.0393. The van der Waals surface area contributed by atoms with Crippen molar-refractivity contribution >= 4 is 42.0 Å². The summed E-state index contributed by atoms with van der Waals surface area (Å²) in [5.74, 6) is -6.63. The van der Waals surface area contributed by atoms with Gasteiger partial charge in [-0.05, 0) is 81.1 Å². The maximum absolute atomic E-state index is 12.9. The Morgan fingerprint density at radius 1 is 0.667 bits per heavy atom. The summed E-state index contributed by atoms with van der Waals surface area (Å²) in [6.45, 7) is 13.0. The van der Waals surface area contributed by atoms with Crippen LogP contribution in [0.3, 0.4) is 0 Å². The predicted octanol–water partition coefficient (Wildman–Crippen LogP) is 4.72. The van der Waals surface area contributed by atoms with Crippen LogP contribution in [0, 0.1) is 11.8 Å². The van der Waals surface area contributed by atoms with E-state index in [0.29, 0.717) is 25.7 Å². The number of carbonyl (C=O) groups excluding carboxylic acids is 7. The molecule has 0 aromatic rings. The van der Waals surface area contributed by atoms with Crippen LogP contribution in [0.25, 0.3) is 0 Å². The average molecular weight is 859 g/mol. The zero-order chi connectivity index (χ0) is 45.5. The molecule has 18 nitrogen and oxygen atoms in total. The molecule has 0 aromatic heterocycles. The molecule has 18 heteroatoms. The molecule has 60 heavy (non-hydrogen) atoms. The minimum atomic E-state index is -1.58. The third-order valence-corrected chi connectivity index (χ3v) is 9.21. The van der Waals surface area contributed by atoms with E-state index in [-0.39, 0.29) is 24.9 Å². The first-order valence-corrected chi connectivity index (χ1v) is 20.5. The van der Waals surface area contributed by atoms with Crippen LogP contribution in [0.1, 0.15) is 120 Å². The molecule has 6 unspecified atom stereocenters. The Kier molecular flexibility index (Phi) is 25.0. The summed E-state index contributed by atoms with van der Waals surface area (Å²) in [6, 6.07) is 0. The van der Waals surface area contributed by atoms with Gasteiger partial charge in [-0.1, -0.05) is 50.5 Å². The highest BCUT2D eigenvalue weighted by molar-refractivity contribution is 5.86. The topological polar surface area (TPSA) is 243 Å². The van der Waals surface area contributed by atoms with E-state index in [9.17, 15) is 43.8 Å². The lowest BCUT2D eigenvalue weighted by Crippen LogP contribution is -2.39. The van der Waals surface area contributed by atoms with Crippen LogP contribution in [0.15, 0.2) is 24.3 Å². The Hall–Kier alpha value is -4.55. The molecule has 0 heterocycles. The number of hydrogen-bond donors (Lipinski definition) is 2. The van der Waals surface area contributed by atoms with Crippen LogP contribution in [-0.2, 0) is 71.4 Å². The normalized spacial score (nSPS) is 21.2. The Morgan fingerprint density at radius 2 is 1.17 bits per heavy atom. The van der Waals surface area contributed by atoms with E-state index in [4.69, 9.17) is 42.6 Å². The van der Waals surface area contributed by atoms with Crippen molar-refractivity contribution in [2.24, 2.45) is 11.8 Å². The van der Waals surface area contributed by atoms with Gasteiger partial charge in [0.1, 0.15) is 6.10 Å². The van der Waals surface area contributed by atoms with Crippen LogP contribution in [0.5, 0.6) is 0 Å². The summed E-state index contributed by atoms with van der Waals surface area (Å²) >= 11 is 0. The molecule has 1 rings (SSSR count). The minimum Gasteiger partial charge on any atom is -0.463 e. The second-order valence-electron chi connectivity index (χ2n) is 14.9. The standard InChI is InChI=1S/C42H66O18/c1-11-12-15-18-31(43)21-22-32-33(19-16-13-14-17-20-36(45)53-24(2)3)35(23-34(32)44)60-42(51)58-29(8)40(49)56-27(6)38(47)54-25(4)37(46)55-26(5)39(48)57-28(7)41(50)59-30(9)52-10/h13,16,21-22,24-35,43-44H,11-12,14-15,17-20,23H2,1-10H3/b16-13-,22-21+/t25?,26?,27?,28?,29?,30?,31-,32+,33+,34+,35-/m0/s1. The average Bonchev–Trinajstić information content (AvgIpc) is 3.46. The van der Waals surface area contributed by atoms with Crippen LogP contribution < -0.4 is 0 Å². The van der Waals surface area contributed by atoms with Crippen LogP contribution in [-0.4, -0.2) is 121 Å². The lowest BCUT2D eigenvalue weighted by Gasteiger charge is -2.23. The molecule has 0 saturated heterocycles. The molecule has 342 valence electrons. The lowest BCUT2D eigenvalue weighted by molar-refractivity contribution is -0.191. The third-order valence-electron chi connectivity index (χ3n) is 9.21. The van der Waals surface area contributed by atoms with E-state index >= 15 is 0 Å². The van der Waals surface area contributed by atoms with Gasteiger partial charge in [0.25, 0.3) is 0 Å². The van der Waals surface area contributed by atoms with Crippen LogP contribution in [0.4, 0.5) is 4.79 Å². The molecule has 0 aliphatic heterocycles. The molecule has 2 N–H and O–H groups in total. The van der Waals surface area contributed by atoms with Gasteiger partial charge in [-0.15, -0.1) is 0 Å². The molecule has 0 amide bonds. The van der Waals surface area contributed by atoms with Gasteiger partial charge in [0, 0.05) is 31.8 Å². The SMILES string of the molecule is CCCCC[C@H](O)/C=C/[C@@H]1[C@@H](C/C=C\CCCC(=O)OC(C)C)[C@@H](OC(=O)OC(C)C(=O)OC(C)C(=O)OC(C)C(=O)OC(C)C(=O)OC(C)C(=O)OC(C)OC)C[C@H]1O. The number of hydrogen-bond acceptors (Lipinski definition) is 18. The number of carbonyl (C=O) groups is 7. The summed E-state index contributed by atoms with van der Waals surface area (Å²) in [5, 5.41) is 21.5. The van der Waals surface area contributed by atoms with Crippen molar-refractivity contribution in [3.63, 3.8) is 0 Å². The Balaban J connectivity index is 2.78. The summed E-state index contributed by atoms with van der Waals surface area (Å²) in [7, 11) is 1.31. The van der Waals surface area contributed by atoms with Gasteiger partial charge in [-0.2, -0.15) is 0 Å². The third kappa shape index (κ3) is 20.6. The molecule has 1 fully saturated rings. The van der Waals surface area contributed by atoms with E-state index in [1.54, 1.807) is 26.0 Å². The number of aliphatic hydroxyl groups is 2. The molecule has 1 aliphatic carbocycles. The molecule has 11 atom stereocenters. The first kappa shape index (κ1) is 53.5. The zero-order valence-electron chi connectivity index (χ0n) is 36.5. The van der Waals surface area contributed by atoms with E-state index in [2.05, 4.69) is 6.92 Å². The molecular formula is C42H66O18. The van der Waals surface area contributed by atoms with E-state index < -0.39 is 103 Å². The smallest absolute Gasteiger partial charge is 0.463 e. The molecule has 0 radical (unpaired) electrons. The molecule has 0 spiro atoms. The number of rotatable bonds is 26. The Morgan fingerprint density at radius 3 is 1.65 bits per heavy atom. The van der Waals surface area contributed by atoms with Gasteiger partial charge in [-0.3, -0.25) is 4.79 Å². The van der Waals surface area contributed by atoms with Gasteiger partial charge in [0.2, 0.25) is 0 Å². The van der Waals surface area contributed by atoms with Crippen molar-refractivity contribution in [2.75, 3.05) is 7.11 Å². The predicted molar refractivity (Wildman–Crippen MR) is 211 cm³/mol. The summed E-state index contributed by atoms with van der Waals surface area (Å²) < 4.78 is 45.6. The fraction of sp³-hybridized carbons (Fsp3) is 0.738. The first-order chi connectivity index (χ1) is 28.2. The lowest BCUT2D eigenvalue weighted by atomic mass is 9.89. The van der Waals surface area contributed by atoms with Crippen molar-refractivity contribution < 1.29 is 86.4 Å². The second-order valence-corrected chi connectivity index (χ2v) is 14.9. The van der Waals surface area contributed by atoms with Crippen molar-refractivity contribution in [1.29, 1.82) is 0 Å². The number of unbranched alkanes of at least 4 members (excludes halogenated alkanes) is 3. The van der Waals surface area contributed by atoms with Crippen molar-refractivity contribution in [1.82, 2.24) is 0 Å². The largest absolute Gasteiger partial charge is 0.509 e. The number of aliphatic hydroxyl groups excluding tert-OH is 2. The van der Waals surface area contributed by atoms with E-state index in [0.717, 1.165) is 33.1 Å². The van der Waals surface area contributed by atoms with Crippen molar-refractivity contribution in [3.05, 3.63) is 24.3 Å². The van der Waals surface area contributed by atoms with Gasteiger partial charge in [-0.25, -0.2) is 28.8 Å². The van der Waals surface area contributed by atoms with Crippen LogP contribution in [0.2, 0.25) is 0 Å². The highest BCUT2D eigenvalue weighted by Gasteiger charge is 2.43. The van der Waals surface area contributed by atoms with Gasteiger partial charge in [0.15, 0.2) is 36.8 Å². The van der Waals surface area contributed by atoms with Crippen molar-refractivity contribution in [2.45, 2.75) is 181 Å². The Labute approximate surface area is 352 Å². The first-order valence-electron chi connectivity index (χ1n) is 20.5. The highest BCUT2D eigenvalue weighted by atomic mass is 16.7. The van der Waals surface area contributed by atoms with Gasteiger partial charge in [0.05, 0.1) is 18.3 Å². The molecular weight excluding hydrogens is 792 g/mol. The Bertz CT molecular complexity index is 1440.